The van der Waals surface area contributed by atoms with Crippen molar-refractivity contribution in [2.75, 3.05) is 13.7 Å². The minimum atomic E-state index is -0.995. The predicted molar refractivity (Wildman–Crippen MR) is 69.7 cm³/mol. The highest BCUT2D eigenvalue weighted by molar-refractivity contribution is 7.13. The molecule has 100 valence electrons. The summed E-state index contributed by atoms with van der Waals surface area (Å²) in [4.78, 5) is 30.0. The highest BCUT2D eigenvalue weighted by Gasteiger charge is 2.37. The van der Waals surface area contributed by atoms with Gasteiger partial charge in [0.05, 0.1) is 17.8 Å². The second-order valence-corrected chi connectivity index (χ2v) is 5.62. The molecule has 0 atom stereocenters. The molecular formula is C12H18N2O3S. The fraction of sp³-hybridized carbons (Fsp3) is 0.583. The molecule has 0 aliphatic rings. The van der Waals surface area contributed by atoms with Gasteiger partial charge in [0.25, 0.3) is 5.91 Å². The first-order chi connectivity index (χ1) is 8.30. The van der Waals surface area contributed by atoms with Gasteiger partial charge in [0.2, 0.25) is 0 Å². The summed E-state index contributed by atoms with van der Waals surface area (Å²) >= 11 is 1.31. The molecule has 0 unspecified atom stereocenters. The van der Waals surface area contributed by atoms with Crippen LogP contribution in [-0.2, 0) is 9.53 Å². The van der Waals surface area contributed by atoms with Gasteiger partial charge in [-0.05, 0) is 27.7 Å². The van der Waals surface area contributed by atoms with Crippen molar-refractivity contribution < 1.29 is 14.3 Å². The van der Waals surface area contributed by atoms with Gasteiger partial charge in [0, 0.05) is 7.05 Å². The van der Waals surface area contributed by atoms with E-state index in [0.29, 0.717) is 11.5 Å². The van der Waals surface area contributed by atoms with Crippen molar-refractivity contribution in [3.05, 3.63) is 16.1 Å². The van der Waals surface area contributed by atoms with Gasteiger partial charge in [0.1, 0.15) is 10.4 Å². The molecule has 1 amide bonds. The zero-order valence-corrected chi connectivity index (χ0v) is 12.1. The van der Waals surface area contributed by atoms with Crippen LogP contribution in [0.15, 0.2) is 6.20 Å². The van der Waals surface area contributed by atoms with Crippen LogP contribution in [0.3, 0.4) is 0 Å². The maximum absolute atomic E-state index is 12.2. The Hall–Kier alpha value is -1.43. The SMILES string of the molecule is CCOC(=O)C(C)(C)N(C)C(=O)c1cnc(C)s1. The van der Waals surface area contributed by atoms with Gasteiger partial charge in [-0.25, -0.2) is 9.78 Å². The van der Waals surface area contributed by atoms with Crippen LogP contribution < -0.4 is 0 Å². The van der Waals surface area contributed by atoms with E-state index in [1.54, 1.807) is 27.8 Å². The summed E-state index contributed by atoms with van der Waals surface area (Å²) in [6.45, 7) is 7.19. The Balaban J connectivity index is 2.89. The van der Waals surface area contributed by atoms with Crippen LogP contribution in [0, 0.1) is 6.92 Å². The average molecular weight is 270 g/mol. The molecule has 5 nitrogen and oxygen atoms in total. The Bertz CT molecular complexity index is 454. The highest BCUT2D eigenvalue weighted by atomic mass is 32.1. The third kappa shape index (κ3) is 2.87. The van der Waals surface area contributed by atoms with Crippen LogP contribution in [-0.4, -0.2) is 41.0 Å². The van der Waals surface area contributed by atoms with Crippen molar-refractivity contribution in [2.45, 2.75) is 33.2 Å². The number of likely N-dealkylation sites (N-methyl/N-ethyl adjacent to an activating group) is 1. The molecule has 6 heteroatoms. The summed E-state index contributed by atoms with van der Waals surface area (Å²) < 4.78 is 4.97. The molecule has 0 aromatic carbocycles. The van der Waals surface area contributed by atoms with E-state index in [2.05, 4.69) is 4.98 Å². The Labute approximate surface area is 111 Å². The van der Waals surface area contributed by atoms with Crippen molar-refractivity contribution in [3.63, 3.8) is 0 Å². The van der Waals surface area contributed by atoms with E-state index in [9.17, 15) is 9.59 Å². The summed E-state index contributed by atoms with van der Waals surface area (Å²) in [5, 5.41) is 0.820. The van der Waals surface area contributed by atoms with Crippen LogP contribution in [0.5, 0.6) is 0 Å². The Morgan fingerprint density at radius 1 is 1.50 bits per heavy atom. The highest BCUT2D eigenvalue weighted by Crippen LogP contribution is 2.20. The minimum absolute atomic E-state index is 0.223. The molecule has 0 fully saturated rings. The standard InChI is InChI=1S/C12H18N2O3S/c1-6-17-11(16)12(3,4)14(5)10(15)9-7-13-8(2)18-9/h7H,6H2,1-5H3. The molecule has 0 spiro atoms. The van der Waals surface area contributed by atoms with Crippen molar-refractivity contribution >= 4 is 23.2 Å². The molecule has 1 heterocycles. The normalized spacial score (nSPS) is 11.2. The first-order valence-electron chi connectivity index (χ1n) is 5.68. The number of nitrogens with zero attached hydrogens (tertiary/aromatic N) is 2. The maximum Gasteiger partial charge on any atom is 0.331 e. The average Bonchev–Trinajstić information content (AvgIpc) is 2.74. The number of aromatic nitrogens is 1. The molecule has 1 aromatic heterocycles. The molecule has 1 rings (SSSR count). The largest absolute Gasteiger partial charge is 0.464 e. The Morgan fingerprint density at radius 3 is 2.56 bits per heavy atom. The van der Waals surface area contributed by atoms with Gasteiger partial charge < -0.3 is 9.64 Å². The van der Waals surface area contributed by atoms with Crippen LogP contribution in [0.1, 0.15) is 35.5 Å². The maximum atomic E-state index is 12.2. The molecule has 0 aliphatic heterocycles. The van der Waals surface area contributed by atoms with Crippen molar-refractivity contribution in [2.24, 2.45) is 0 Å². The molecule has 1 aromatic rings. The van der Waals surface area contributed by atoms with Gasteiger partial charge >= 0.3 is 5.97 Å². The van der Waals surface area contributed by atoms with E-state index < -0.39 is 11.5 Å². The monoisotopic (exact) mass is 270 g/mol. The van der Waals surface area contributed by atoms with Crippen molar-refractivity contribution in [1.82, 2.24) is 9.88 Å². The van der Waals surface area contributed by atoms with E-state index in [1.165, 1.54) is 22.4 Å². The summed E-state index contributed by atoms with van der Waals surface area (Å²) in [5.74, 6) is -0.638. The first-order valence-corrected chi connectivity index (χ1v) is 6.50. The fourth-order valence-electron chi connectivity index (χ4n) is 1.32. The van der Waals surface area contributed by atoms with Crippen LogP contribution in [0.25, 0.3) is 0 Å². The van der Waals surface area contributed by atoms with Gasteiger partial charge in [-0.15, -0.1) is 11.3 Å². The molecule has 0 aliphatic carbocycles. The summed E-state index contributed by atoms with van der Waals surface area (Å²) in [6.07, 6.45) is 1.53. The molecule has 0 saturated carbocycles. The quantitative estimate of drug-likeness (QED) is 0.784. The number of amides is 1. The second kappa shape index (κ2) is 5.48. The van der Waals surface area contributed by atoms with Gasteiger partial charge in [0.15, 0.2) is 0 Å². The predicted octanol–water partition coefficient (Wildman–Crippen LogP) is 1.87. The Kier molecular flexibility index (Phi) is 4.45. The zero-order chi connectivity index (χ0) is 13.9. The summed E-state index contributed by atoms with van der Waals surface area (Å²) in [5.41, 5.74) is -0.995. The number of hydrogen-bond acceptors (Lipinski definition) is 5. The molecule has 18 heavy (non-hydrogen) atoms. The number of carbonyl (C=O) groups is 2. The second-order valence-electron chi connectivity index (χ2n) is 4.39. The van der Waals surface area contributed by atoms with Gasteiger partial charge in [-0.3, -0.25) is 4.79 Å². The summed E-state index contributed by atoms with van der Waals surface area (Å²) in [7, 11) is 1.59. The van der Waals surface area contributed by atoms with Gasteiger partial charge in [-0.2, -0.15) is 0 Å². The number of hydrogen-bond donors (Lipinski definition) is 0. The smallest absolute Gasteiger partial charge is 0.331 e. The lowest BCUT2D eigenvalue weighted by atomic mass is 10.0. The van der Waals surface area contributed by atoms with E-state index >= 15 is 0 Å². The lowest BCUT2D eigenvalue weighted by Gasteiger charge is -2.32. The third-order valence-electron chi connectivity index (χ3n) is 2.75. The molecule has 0 saturated heterocycles. The van der Waals surface area contributed by atoms with E-state index in [1.807, 2.05) is 6.92 Å². The van der Waals surface area contributed by atoms with Crippen molar-refractivity contribution in [1.29, 1.82) is 0 Å². The fourth-order valence-corrected chi connectivity index (χ4v) is 2.08. The molecule has 0 radical (unpaired) electrons. The van der Waals surface area contributed by atoms with Crippen LogP contribution >= 0.6 is 11.3 Å². The summed E-state index contributed by atoms with van der Waals surface area (Å²) in [6, 6.07) is 0. The van der Waals surface area contributed by atoms with Crippen LogP contribution in [0.2, 0.25) is 0 Å². The molecular weight excluding hydrogens is 252 g/mol. The topological polar surface area (TPSA) is 59.5 Å². The molecule has 0 N–H and O–H groups in total. The number of rotatable bonds is 4. The Morgan fingerprint density at radius 2 is 2.11 bits per heavy atom. The minimum Gasteiger partial charge on any atom is -0.464 e. The lowest BCUT2D eigenvalue weighted by molar-refractivity contribution is -0.153. The van der Waals surface area contributed by atoms with E-state index in [0.717, 1.165) is 5.01 Å². The molecule has 0 bridgehead atoms. The number of thiazole rings is 1. The number of ether oxygens (including phenoxy) is 1. The number of carbonyl (C=O) groups excluding carboxylic acids is 2. The van der Waals surface area contributed by atoms with Gasteiger partial charge in [-0.1, -0.05) is 0 Å². The van der Waals surface area contributed by atoms with E-state index in [4.69, 9.17) is 4.74 Å². The zero-order valence-electron chi connectivity index (χ0n) is 11.3. The van der Waals surface area contributed by atoms with Crippen molar-refractivity contribution in [3.8, 4) is 0 Å². The number of esters is 1. The number of aryl methyl sites for hydroxylation is 1. The third-order valence-corrected chi connectivity index (χ3v) is 3.65. The van der Waals surface area contributed by atoms with E-state index in [-0.39, 0.29) is 5.91 Å². The van der Waals surface area contributed by atoms with Crippen LogP contribution in [0.4, 0.5) is 0 Å². The first kappa shape index (κ1) is 14.6. The lowest BCUT2D eigenvalue weighted by Crippen LogP contribution is -2.51.